The standard InChI is InChI=1S/C16H13NO4/c1-21-16(18)14(11-12-7-3-2-4-8-12)13-9-5-6-10-15(13)17(19)20/h2-11H,1H3. The number of esters is 1. The Morgan fingerprint density at radius 1 is 1.10 bits per heavy atom. The van der Waals surface area contributed by atoms with E-state index < -0.39 is 10.9 Å². The van der Waals surface area contributed by atoms with Crippen molar-refractivity contribution in [2.75, 3.05) is 7.11 Å². The van der Waals surface area contributed by atoms with E-state index in [0.717, 1.165) is 5.56 Å². The van der Waals surface area contributed by atoms with Crippen LogP contribution in [-0.4, -0.2) is 18.0 Å². The second-order valence-electron chi connectivity index (χ2n) is 4.23. The Bertz CT molecular complexity index is 692. The molecule has 2 rings (SSSR count). The van der Waals surface area contributed by atoms with Crippen LogP contribution in [0.2, 0.25) is 0 Å². The normalized spacial score (nSPS) is 11.0. The zero-order valence-corrected chi connectivity index (χ0v) is 11.4. The van der Waals surface area contributed by atoms with E-state index in [2.05, 4.69) is 0 Å². The molecule has 0 atom stereocenters. The third-order valence-corrected chi connectivity index (χ3v) is 2.91. The SMILES string of the molecule is COC(=O)C(=Cc1ccccc1)c1ccccc1[N+](=O)[O-]. The molecule has 0 aliphatic rings. The predicted octanol–water partition coefficient (Wildman–Crippen LogP) is 3.31. The molecule has 5 heteroatoms. The Labute approximate surface area is 121 Å². The highest BCUT2D eigenvalue weighted by molar-refractivity contribution is 6.22. The number of para-hydroxylation sites is 1. The Morgan fingerprint density at radius 2 is 1.71 bits per heavy atom. The lowest BCUT2D eigenvalue weighted by Gasteiger charge is -2.07. The molecule has 0 saturated carbocycles. The molecule has 2 aromatic rings. The zero-order valence-electron chi connectivity index (χ0n) is 11.4. The van der Waals surface area contributed by atoms with E-state index in [9.17, 15) is 14.9 Å². The Kier molecular flexibility index (Phi) is 4.46. The molecule has 106 valence electrons. The van der Waals surface area contributed by atoms with Crippen molar-refractivity contribution in [3.8, 4) is 0 Å². The highest BCUT2D eigenvalue weighted by Crippen LogP contribution is 2.28. The van der Waals surface area contributed by atoms with Crippen molar-refractivity contribution < 1.29 is 14.5 Å². The number of hydrogen-bond donors (Lipinski definition) is 0. The second kappa shape index (κ2) is 6.47. The lowest BCUT2D eigenvalue weighted by molar-refractivity contribution is -0.385. The van der Waals surface area contributed by atoms with Gasteiger partial charge in [0.2, 0.25) is 0 Å². The van der Waals surface area contributed by atoms with E-state index in [4.69, 9.17) is 4.74 Å². The van der Waals surface area contributed by atoms with Gasteiger partial charge in [0, 0.05) is 6.07 Å². The minimum absolute atomic E-state index is 0.134. The Morgan fingerprint density at radius 3 is 2.33 bits per heavy atom. The van der Waals surface area contributed by atoms with E-state index in [0.29, 0.717) is 0 Å². The molecule has 0 heterocycles. The molecule has 0 fully saturated rings. The first kappa shape index (κ1) is 14.5. The van der Waals surface area contributed by atoms with E-state index in [1.807, 2.05) is 18.2 Å². The topological polar surface area (TPSA) is 69.4 Å². The van der Waals surface area contributed by atoms with Crippen molar-refractivity contribution in [3.63, 3.8) is 0 Å². The van der Waals surface area contributed by atoms with Crippen molar-refractivity contribution in [2.24, 2.45) is 0 Å². The highest BCUT2D eigenvalue weighted by Gasteiger charge is 2.21. The van der Waals surface area contributed by atoms with Crippen LogP contribution in [-0.2, 0) is 9.53 Å². The summed E-state index contributed by atoms with van der Waals surface area (Å²) in [5.74, 6) is -0.617. The molecular formula is C16H13NO4. The summed E-state index contributed by atoms with van der Waals surface area (Å²) >= 11 is 0. The number of carbonyl (C=O) groups is 1. The molecule has 0 saturated heterocycles. The van der Waals surface area contributed by atoms with Gasteiger partial charge in [0.1, 0.15) is 0 Å². The number of nitro groups is 1. The van der Waals surface area contributed by atoms with Crippen LogP contribution in [0.15, 0.2) is 54.6 Å². The number of ether oxygens (including phenoxy) is 1. The van der Waals surface area contributed by atoms with Gasteiger partial charge in [-0.05, 0) is 17.7 Å². The van der Waals surface area contributed by atoms with Crippen LogP contribution in [0.3, 0.4) is 0 Å². The molecule has 2 aromatic carbocycles. The first-order valence-corrected chi connectivity index (χ1v) is 6.22. The lowest BCUT2D eigenvalue weighted by atomic mass is 10.0. The molecule has 0 aromatic heterocycles. The fourth-order valence-electron chi connectivity index (χ4n) is 1.93. The van der Waals surface area contributed by atoms with Gasteiger partial charge in [0.25, 0.3) is 5.69 Å². The van der Waals surface area contributed by atoms with Crippen molar-refractivity contribution in [3.05, 3.63) is 75.8 Å². The summed E-state index contributed by atoms with van der Waals surface area (Å²) in [6.45, 7) is 0. The quantitative estimate of drug-likeness (QED) is 0.284. The van der Waals surface area contributed by atoms with Crippen molar-refractivity contribution in [1.29, 1.82) is 0 Å². The smallest absolute Gasteiger partial charge is 0.338 e. The molecule has 0 radical (unpaired) electrons. The highest BCUT2D eigenvalue weighted by atomic mass is 16.6. The van der Waals surface area contributed by atoms with Crippen molar-refractivity contribution >= 4 is 23.3 Å². The van der Waals surface area contributed by atoms with E-state index in [-0.39, 0.29) is 16.8 Å². The van der Waals surface area contributed by atoms with Crippen LogP contribution >= 0.6 is 0 Å². The summed E-state index contributed by atoms with van der Waals surface area (Å²) in [7, 11) is 1.25. The van der Waals surface area contributed by atoms with Crippen LogP contribution in [0.25, 0.3) is 11.6 Å². The van der Waals surface area contributed by atoms with Crippen LogP contribution < -0.4 is 0 Å². The van der Waals surface area contributed by atoms with Crippen LogP contribution in [0, 0.1) is 10.1 Å². The first-order chi connectivity index (χ1) is 10.1. The van der Waals surface area contributed by atoms with Gasteiger partial charge >= 0.3 is 5.97 Å². The number of benzene rings is 2. The lowest BCUT2D eigenvalue weighted by Crippen LogP contribution is -2.06. The second-order valence-corrected chi connectivity index (χ2v) is 4.23. The van der Waals surface area contributed by atoms with E-state index >= 15 is 0 Å². The van der Waals surface area contributed by atoms with Gasteiger partial charge in [-0.15, -0.1) is 0 Å². The van der Waals surface area contributed by atoms with Gasteiger partial charge in [-0.3, -0.25) is 10.1 Å². The van der Waals surface area contributed by atoms with Crippen LogP contribution in [0.1, 0.15) is 11.1 Å². The number of methoxy groups -OCH3 is 1. The maximum Gasteiger partial charge on any atom is 0.338 e. The predicted molar refractivity (Wildman–Crippen MR) is 79.4 cm³/mol. The number of hydrogen-bond acceptors (Lipinski definition) is 4. The average Bonchev–Trinajstić information content (AvgIpc) is 2.53. The molecule has 0 spiro atoms. The molecule has 0 aliphatic carbocycles. The fourth-order valence-corrected chi connectivity index (χ4v) is 1.93. The number of nitrogens with zero attached hydrogens (tertiary/aromatic N) is 1. The molecule has 0 N–H and O–H groups in total. The van der Waals surface area contributed by atoms with E-state index in [1.54, 1.807) is 30.3 Å². The molecule has 0 bridgehead atoms. The maximum atomic E-state index is 12.0. The molecular weight excluding hydrogens is 270 g/mol. The zero-order chi connectivity index (χ0) is 15.2. The maximum absolute atomic E-state index is 12.0. The monoisotopic (exact) mass is 283 g/mol. The summed E-state index contributed by atoms with van der Waals surface area (Å²) in [5.41, 5.74) is 1.01. The third-order valence-electron chi connectivity index (χ3n) is 2.91. The molecule has 0 unspecified atom stereocenters. The largest absolute Gasteiger partial charge is 0.465 e. The van der Waals surface area contributed by atoms with Gasteiger partial charge in [-0.2, -0.15) is 0 Å². The Hall–Kier alpha value is -2.95. The summed E-state index contributed by atoms with van der Waals surface area (Å²) < 4.78 is 4.74. The molecule has 5 nitrogen and oxygen atoms in total. The minimum Gasteiger partial charge on any atom is -0.465 e. The summed E-state index contributed by atoms with van der Waals surface area (Å²) in [5, 5.41) is 11.1. The van der Waals surface area contributed by atoms with Gasteiger partial charge in [-0.1, -0.05) is 42.5 Å². The summed E-state index contributed by atoms with van der Waals surface area (Å²) in [4.78, 5) is 22.6. The molecule has 0 amide bonds. The van der Waals surface area contributed by atoms with Crippen LogP contribution in [0.5, 0.6) is 0 Å². The fraction of sp³-hybridized carbons (Fsp3) is 0.0625. The Balaban J connectivity index is 2.60. The van der Waals surface area contributed by atoms with Gasteiger partial charge in [0.15, 0.2) is 0 Å². The summed E-state index contributed by atoms with van der Waals surface area (Å²) in [6.07, 6.45) is 1.58. The van der Waals surface area contributed by atoms with Gasteiger partial charge < -0.3 is 4.74 Å². The summed E-state index contributed by atoms with van der Waals surface area (Å²) in [6, 6.07) is 15.2. The average molecular weight is 283 g/mol. The van der Waals surface area contributed by atoms with Gasteiger partial charge in [-0.25, -0.2) is 4.79 Å². The van der Waals surface area contributed by atoms with Crippen molar-refractivity contribution in [1.82, 2.24) is 0 Å². The van der Waals surface area contributed by atoms with Crippen molar-refractivity contribution in [2.45, 2.75) is 0 Å². The number of rotatable bonds is 4. The third kappa shape index (κ3) is 3.33. The molecule has 0 aliphatic heterocycles. The van der Waals surface area contributed by atoms with Gasteiger partial charge in [0.05, 0.1) is 23.2 Å². The molecule has 21 heavy (non-hydrogen) atoms. The van der Waals surface area contributed by atoms with E-state index in [1.165, 1.54) is 19.2 Å². The van der Waals surface area contributed by atoms with Crippen LogP contribution in [0.4, 0.5) is 5.69 Å². The number of nitro benzene ring substituents is 1. The first-order valence-electron chi connectivity index (χ1n) is 6.22. The minimum atomic E-state index is -0.617. The number of carbonyl (C=O) groups excluding carboxylic acids is 1.